The van der Waals surface area contributed by atoms with E-state index >= 15 is 0 Å². The van der Waals surface area contributed by atoms with Gasteiger partial charge in [-0.3, -0.25) is 9.36 Å². The molecule has 0 bridgehead atoms. The Hall–Kier alpha value is -2.83. The van der Waals surface area contributed by atoms with Crippen molar-refractivity contribution < 1.29 is 9.90 Å². The van der Waals surface area contributed by atoms with Gasteiger partial charge in [-0.05, 0) is 53.6 Å². The third-order valence-corrected chi connectivity index (χ3v) is 6.51. The molecule has 4 aromatic rings. The molecule has 8 heteroatoms. The van der Waals surface area contributed by atoms with Crippen LogP contribution >= 0.6 is 34.8 Å². The SMILES string of the molecule is O=C(N[C@@H]1c2ccccc2C[C@@H]1O)c1cn(-c2ccc(Cl)cc2)c(-c2ccc(Cl)cc2Cl)n1. The van der Waals surface area contributed by atoms with Gasteiger partial charge < -0.3 is 10.4 Å². The summed E-state index contributed by atoms with van der Waals surface area (Å²) in [5.74, 6) is 0.0892. The molecule has 1 aromatic heterocycles. The first-order valence-corrected chi connectivity index (χ1v) is 11.4. The van der Waals surface area contributed by atoms with E-state index in [2.05, 4.69) is 10.3 Å². The molecule has 5 rings (SSSR count). The first kappa shape index (κ1) is 22.0. The van der Waals surface area contributed by atoms with E-state index < -0.39 is 18.1 Å². The van der Waals surface area contributed by atoms with Crippen LogP contribution in [-0.2, 0) is 6.42 Å². The van der Waals surface area contributed by atoms with Crippen molar-refractivity contribution in [3.63, 3.8) is 0 Å². The molecule has 0 saturated heterocycles. The van der Waals surface area contributed by atoms with Crippen molar-refractivity contribution in [3.8, 4) is 17.1 Å². The highest BCUT2D eigenvalue weighted by Gasteiger charge is 2.32. The second-order valence-corrected chi connectivity index (χ2v) is 9.12. The van der Waals surface area contributed by atoms with Crippen LogP contribution in [0.2, 0.25) is 15.1 Å². The average molecular weight is 499 g/mol. The molecule has 1 amide bonds. The lowest BCUT2D eigenvalue weighted by molar-refractivity contribution is 0.0854. The Balaban J connectivity index is 1.54. The number of aromatic nitrogens is 2. The van der Waals surface area contributed by atoms with E-state index in [1.807, 2.05) is 36.4 Å². The van der Waals surface area contributed by atoms with Crippen molar-refractivity contribution >= 4 is 40.7 Å². The Labute approximate surface area is 205 Å². The lowest BCUT2D eigenvalue weighted by atomic mass is 10.1. The number of hydrogen-bond acceptors (Lipinski definition) is 3. The minimum atomic E-state index is -0.699. The first-order chi connectivity index (χ1) is 15.9. The highest BCUT2D eigenvalue weighted by atomic mass is 35.5. The minimum Gasteiger partial charge on any atom is -0.390 e. The van der Waals surface area contributed by atoms with Crippen LogP contribution in [0, 0.1) is 0 Å². The summed E-state index contributed by atoms with van der Waals surface area (Å²) in [5, 5.41) is 15.0. The summed E-state index contributed by atoms with van der Waals surface area (Å²) in [4.78, 5) is 17.8. The molecule has 0 unspecified atom stereocenters. The number of carbonyl (C=O) groups is 1. The van der Waals surface area contributed by atoms with Gasteiger partial charge in [0.1, 0.15) is 11.5 Å². The molecule has 33 heavy (non-hydrogen) atoms. The average Bonchev–Trinajstić information content (AvgIpc) is 3.36. The van der Waals surface area contributed by atoms with Crippen molar-refractivity contribution in [2.24, 2.45) is 0 Å². The summed E-state index contributed by atoms with van der Waals surface area (Å²) in [6, 6.07) is 19.5. The summed E-state index contributed by atoms with van der Waals surface area (Å²) >= 11 is 18.6. The number of halogens is 3. The molecule has 0 radical (unpaired) electrons. The molecule has 0 saturated carbocycles. The van der Waals surface area contributed by atoms with Crippen LogP contribution in [0.1, 0.15) is 27.7 Å². The smallest absolute Gasteiger partial charge is 0.272 e. The lowest BCUT2D eigenvalue weighted by Crippen LogP contribution is -2.34. The molecule has 166 valence electrons. The molecule has 5 nitrogen and oxygen atoms in total. The van der Waals surface area contributed by atoms with Gasteiger partial charge in [-0.1, -0.05) is 59.1 Å². The van der Waals surface area contributed by atoms with Gasteiger partial charge in [0.2, 0.25) is 0 Å². The monoisotopic (exact) mass is 497 g/mol. The minimum absolute atomic E-state index is 0.197. The highest BCUT2D eigenvalue weighted by Crippen LogP contribution is 2.33. The zero-order valence-electron chi connectivity index (χ0n) is 17.2. The summed E-state index contributed by atoms with van der Waals surface area (Å²) in [5.41, 5.74) is 3.52. The van der Waals surface area contributed by atoms with Gasteiger partial charge in [-0.2, -0.15) is 0 Å². The third-order valence-electron chi connectivity index (χ3n) is 5.71. The van der Waals surface area contributed by atoms with Crippen molar-refractivity contribution in [1.82, 2.24) is 14.9 Å². The fourth-order valence-electron chi connectivity index (χ4n) is 4.11. The maximum absolute atomic E-state index is 13.2. The first-order valence-electron chi connectivity index (χ1n) is 10.3. The predicted molar refractivity (Wildman–Crippen MR) is 130 cm³/mol. The molecular weight excluding hydrogens is 481 g/mol. The van der Waals surface area contributed by atoms with Gasteiger partial charge >= 0.3 is 0 Å². The molecule has 2 N–H and O–H groups in total. The zero-order valence-corrected chi connectivity index (χ0v) is 19.4. The van der Waals surface area contributed by atoms with Gasteiger partial charge in [0.05, 0.1) is 17.2 Å². The Bertz CT molecular complexity index is 1350. The number of benzene rings is 3. The number of fused-ring (bicyclic) bond motifs is 1. The highest BCUT2D eigenvalue weighted by molar-refractivity contribution is 6.36. The normalized spacial score (nSPS) is 17.1. The Morgan fingerprint density at radius 2 is 1.73 bits per heavy atom. The number of hydrogen-bond donors (Lipinski definition) is 2. The summed E-state index contributed by atoms with van der Waals surface area (Å²) < 4.78 is 1.78. The van der Waals surface area contributed by atoms with Crippen LogP contribution in [0.5, 0.6) is 0 Å². The van der Waals surface area contributed by atoms with Crippen LogP contribution < -0.4 is 5.32 Å². The van der Waals surface area contributed by atoms with Crippen LogP contribution in [0.4, 0.5) is 0 Å². The van der Waals surface area contributed by atoms with Crippen LogP contribution in [0.25, 0.3) is 17.1 Å². The zero-order chi connectivity index (χ0) is 23.1. The number of amides is 1. The van der Waals surface area contributed by atoms with Crippen molar-refractivity contribution in [3.05, 3.63) is 105 Å². The van der Waals surface area contributed by atoms with E-state index in [0.717, 1.165) is 16.8 Å². The number of rotatable bonds is 4. The standard InChI is InChI=1S/C25H18Cl3N3O2/c26-15-5-8-17(9-6-15)31-13-21(29-24(31)19-10-7-16(27)12-20(19)28)25(33)30-23-18-4-2-1-3-14(18)11-22(23)32/h1-10,12-13,22-23,32H,11H2,(H,30,33)/t22-,23+/m0/s1. The molecule has 1 heterocycles. The Morgan fingerprint density at radius 1 is 1.00 bits per heavy atom. The fraction of sp³-hybridized carbons (Fsp3) is 0.120. The maximum Gasteiger partial charge on any atom is 0.272 e. The van der Waals surface area contributed by atoms with Gasteiger partial charge in [0, 0.05) is 33.9 Å². The maximum atomic E-state index is 13.2. The summed E-state index contributed by atoms with van der Waals surface area (Å²) in [6.45, 7) is 0. The Kier molecular flexibility index (Phi) is 5.89. The van der Waals surface area contributed by atoms with E-state index in [-0.39, 0.29) is 5.69 Å². The van der Waals surface area contributed by atoms with Crippen molar-refractivity contribution in [2.45, 2.75) is 18.6 Å². The van der Waals surface area contributed by atoms with Gasteiger partial charge in [-0.25, -0.2) is 4.98 Å². The van der Waals surface area contributed by atoms with Gasteiger partial charge in [0.25, 0.3) is 5.91 Å². The lowest BCUT2D eigenvalue weighted by Gasteiger charge is -2.17. The number of imidazole rings is 1. The second kappa shape index (κ2) is 8.84. The molecule has 0 spiro atoms. The van der Waals surface area contributed by atoms with E-state index in [4.69, 9.17) is 34.8 Å². The quantitative estimate of drug-likeness (QED) is 0.369. The van der Waals surface area contributed by atoms with Crippen molar-refractivity contribution in [1.29, 1.82) is 0 Å². The molecule has 0 fully saturated rings. The van der Waals surface area contributed by atoms with Crippen LogP contribution in [0.3, 0.4) is 0 Å². The second-order valence-electron chi connectivity index (χ2n) is 7.84. The fourth-order valence-corrected chi connectivity index (χ4v) is 4.73. The van der Waals surface area contributed by atoms with Crippen LogP contribution in [-0.4, -0.2) is 26.7 Å². The van der Waals surface area contributed by atoms with E-state index in [1.54, 1.807) is 41.1 Å². The predicted octanol–water partition coefficient (Wildman–Crippen LogP) is 5.89. The Morgan fingerprint density at radius 3 is 2.48 bits per heavy atom. The molecule has 3 aromatic carbocycles. The molecule has 1 aliphatic carbocycles. The number of nitrogens with zero attached hydrogens (tertiary/aromatic N) is 2. The molecule has 1 aliphatic rings. The largest absolute Gasteiger partial charge is 0.390 e. The summed E-state index contributed by atoms with van der Waals surface area (Å²) in [6.07, 6.45) is 1.44. The van der Waals surface area contributed by atoms with E-state index in [9.17, 15) is 9.90 Å². The molecule has 0 aliphatic heterocycles. The topological polar surface area (TPSA) is 67.2 Å². The van der Waals surface area contributed by atoms with Gasteiger partial charge in [-0.15, -0.1) is 0 Å². The van der Waals surface area contributed by atoms with E-state index in [1.165, 1.54) is 0 Å². The number of carbonyl (C=O) groups excluding carboxylic acids is 1. The van der Waals surface area contributed by atoms with Crippen molar-refractivity contribution in [2.75, 3.05) is 0 Å². The third kappa shape index (κ3) is 4.25. The summed E-state index contributed by atoms with van der Waals surface area (Å²) in [7, 11) is 0. The number of aliphatic hydroxyl groups is 1. The van der Waals surface area contributed by atoms with Crippen LogP contribution in [0.15, 0.2) is 72.9 Å². The number of nitrogens with one attached hydrogen (secondary N) is 1. The van der Waals surface area contributed by atoms with E-state index in [0.29, 0.717) is 32.9 Å². The van der Waals surface area contributed by atoms with Gasteiger partial charge in [0.15, 0.2) is 0 Å². The molecule has 2 atom stereocenters. The number of aliphatic hydroxyl groups excluding tert-OH is 1. The molecular formula is C25H18Cl3N3O2.